The van der Waals surface area contributed by atoms with Crippen LogP contribution < -0.4 is 14.8 Å². The molecule has 7 heteroatoms. The number of nitro groups is 1. The molecule has 0 aliphatic carbocycles. The Balaban J connectivity index is 2.17. The van der Waals surface area contributed by atoms with Gasteiger partial charge in [-0.25, -0.2) is 0 Å². The molecule has 0 aliphatic rings. The van der Waals surface area contributed by atoms with E-state index in [1.54, 1.807) is 12.1 Å². The predicted molar refractivity (Wildman–Crippen MR) is 94.2 cm³/mol. The number of nitrogens with zero attached hydrogens (tertiary/aromatic N) is 1. The second-order valence-corrected chi connectivity index (χ2v) is 5.46. The number of anilines is 1. The van der Waals surface area contributed by atoms with Gasteiger partial charge in [-0.3, -0.25) is 14.9 Å². The molecule has 1 amide bonds. The Morgan fingerprint density at radius 2 is 1.92 bits per heavy atom. The van der Waals surface area contributed by atoms with Gasteiger partial charge in [0.1, 0.15) is 11.5 Å². The van der Waals surface area contributed by atoms with Gasteiger partial charge < -0.3 is 14.8 Å². The summed E-state index contributed by atoms with van der Waals surface area (Å²) in [6.07, 6.45) is -0.289. The van der Waals surface area contributed by atoms with E-state index in [-0.39, 0.29) is 11.4 Å². The summed E-state index contributed by atoms with van der Waals surface area (Å²) < 4.78 is 10.9. The van der Waals surface area contributed by atoms with Crippen LogP contribution in [0.4, 0.5) is 11.4 Å². The number of non-ortho nitro benzene ring substituents is 1. The molecule has 0 heterocycles. The molecule has 0 fully saturated rings. The molecule has 0 radical (unpaired) electrons. The van der Waals surface area contributed by atoms with Crippen LogP contribution in [-0.2, 0) is 4.79 Å². The molecular weight excluding hydrogens is 324 g/mol. The summed E-state index contributed by atoms with van der Waals surface area (Å²) in [6.45, 7) is 3.78. The first kappa shape index (κ1) is 18.3. The lowest BCUT2D eigenvalue weighted by Gasteiger charge is -2.18. The van der Waals surface area contributed by atoms with E-state index in [4.69, 9.17) is 9.47 Å². The van der Waals surface area contributed by atoms with E-state index in [2.05, 4.69) is 5.32 Å². The van der Waals surface area contributed by atoms with Crippen molar-refractivity contribution in [1.82, 2.24) is 0 Å². The number of hydrogen-bond acceptors (Lipinski definition) is 5. The summed E-state index contributed by atoms with van der Waals surface area (Å²) >= 11 is 0. The van der Waals surface area contributed by atoms with Crippen LogP contribution in [0.2, 0.25) is 0 Å². The SMILES string of the molecule is CC[C@H](Oc1ccc(C)cc1)C(=O)Nc1cc([N+](=O)[O-])ccc1OC. The zero-order chi connectivity index (χ0) is 18.4. The highest BCUT2D eigenvalue weighted by molar-refractivity contribution is 5.96. The van der Waals surface area contributed by atoms with E-state index in [9.17, 15) is 14.9 Å². The Hall–Kier alpha value is -3.09. The zero-order valence-corrected chi connectivity index (χ0v) is 14.3. The number of benzene rings is 2. The minimum absolute atomic E-state index is 0.136. The van der Waals surface area contributed by atoms with Gasteiger partial charge in [-0.2, -0.15) is 0 Å². The maximum absolute atomic E-state index is 12.5. The molecule has 7 nitrogen and oxygen atoms in total. The highest BCUT2D eigenvalue weighted by atomic mass is 16.6. The van der Waals surface area contributed by atoms with E-state index in [0.717, 1.165) is 5.56 Å². The van der Waals surface area contributed by atoms with Crippen LogP contribution in [0.1, 0.15) is 18.9 Å². The van der Waals surface area contributed by atoms with Crippen LogP contribution in [0.3, 0.4) is 0 Å². The third kappa shape index (κ3) is 4.69. The number of carbonyl (C=O) groups excluding carboxylic acids is 1. The molecule has 2 rings (SSSR count). The van der Waals surface area contributed by atoms with Crippen molar-refractivity contribution in [3.63, 3.8) is 0 Å². The van der Waals surface area contributed by atoms with Gasteiger partial charge in [0.05, 0.1) is 17.7 Å². The molecule has 0 saturated heterocycles. The fourth-order valence-corrected chi connectivity index (χ4v) is 2.22. The van der Waals surface area contributed by atoms with Crippen LogP contribution >= 0.6 is 0 Å². The van der Waals surface area contributed by atoms with Crippen LogP contribution in [-0.4, -0.2) is 24.0 Å². The van der Waals surface area contributed by atoms with E-state index in [1.807, 2.05) is 26.0 Å². The molecule has 0 spiro atoms. The Labute approximate surface area is 145 Å². The van der Waals surface area contributed by atoms with Crippen molar-refractivity contribution in [1.29, 1.82) is 0 Å². The van der Waals surface area contributed by atoms with Crippen molar-refractivity contribution in [2.75, 3.05) is 12.4 Å². The van der Waals surface area contributed by atoms with Crippen molar-refractivity contribution >= 4 is 17.3 Å². The average molecular weight is 344 g/mol. The molecule has 0 aromatic heterocycles. The molecule has 2 aromatic carbocycles. The molecule has 0 unspecified atom stereocenters. The van der Waals surface area contributed by atoms with Crippen LogP contribution in [0.5, 0.6) is 11.5 Å². The minimum Gasteiger partial charge on any atom is -0.495 e. The summed E-state index contributed by atoms with van der Waals surface area (Å²) in [5.41, 5.74) is 1.18. The molecule has 1 N–H and O–H groups in total. The summed E-state index contributed by atoms with van der Waals surface area (Å²) in [5, 5.41) is 13.6. The maximum Gasteiger partial charge on any atom is 0.271 e. The summed E-state index contributed by atoms with van der Waals surface area (Å²) in [7, 11) is 1.43. The molecule has 0 saturated carbocycles. The monoisotopic (exact) mass is 344 g/mol. The second kappa shape index (κ2) is 8.14. The molecule has 0 aliphatic heterocycles. The first-order valence-corrected chi connectivity index (χ1v) is 7.81. The fourth-order valence-electron chi connectivity index (χ4n) is 2.22. The number of amides is 1. The van der Waals surface area contributed by atoms with Crippen molar-refractivity contribution in [3.8, 4) is 11.5 Å². The highest BCUT2D eigenvalue weighted by Gasteiger charge is 2.21. The van der Waals surface area contributed by atoms with Crippen molar-refractivity contribution in [3.05, 3.63) is 58.1 Å². The minimum atomic E-state index is -0.730. The Morgan fingerprint density at radius 3 is 2.48 bits per heavy atom. The number of ether oxygens (including phenoxy) is 2. The standard InChI is InChI=1S/C18H20N2O5/c1-4-16(25-14-8-5-12(2)6-9-14)18(21)19-15-11-13(20(22)23)7-10-17(15)24-3/h5-11,16H,4H2,1-3H3,(H,19,21)/t16-/m0/s1. The topological polar surface area (TPSA) is 90.7 Å². The third-order valence-electron chi connectivity index (χ3n) is 3.61. The number of rotatable bonds is 7. The number of methoxy groups -OCH3 is 1. The van der Waals surface area contributed by atoms with Gasteiger partial charge in [-0.1, -0.05) is 24.6 Å². The van der Waals surface area contributed by atoms with Gasteiger partial charge in [0.15, 0.2) is 6.10 Å². The Bertz CT molecular complexity index is 759. The van der Waals surface area contributed by atoms with Gasteiger partial charge in [-0.05, 0) is 31.5 Å². The molecule has 2 aromatic rings. The van der Waals surface area contributed by atoms with Crippen LogP contribution in [0, 0.1) is 17.0 Å². The van der Waals surface area contributed by atoms with E-state index in [1.165, 1.54) is 25.3 Å². The Morgan fingerprint density at radius 1 is 1.24 bits per heavy atom. The number of nitrogens with one attached hydrogen (secondary N) is 1. The number of carbonyl (C=O) groups is 1. The lowest BCUT2D eigenvalue weighted by atomic mass is 10.2. The van der Waals surface area contributed by atoms with Crippen LogP contribution in [0.15, 0.2) is 42.5 Å². The van der Waals surface area contributed by atoms with Gasteiger partial charge in [0.25, 0.3) is 11.6 Å². The van der Waals surface area contributed by atoms with Crippen molar-refractivity contribution in [2.45, 2.75) is 26.4 Å². The number of nitro benzene ring substituents is 1. The predicted octanol–water partition coefficient (Wildman–Crippen LogP) is 3.71. The van der Waals surface area contributed by atoms with Gasteiger partial charge in [-0.15, -0.1) is 0 Å². The first-order chi connectivity index (χ1) is 11.9. The summed E-state index contributed by atoms with van der Waals surface area (Å²) in [6, 6.07) is 11.4. The normalized spacial score (nSPS) is 11.5. The average Bonchev–Trinajstić information content (AvgIpc) is 2.60. The Kier molecular flexibility index (Phi) is 5.94. The fraction of sp³-hybridized carbons (Fsp3) is 0.278. The number of aryl methyl sites for hydroxylation is 1. The van der Waals surface area contributed by atoms with E-state index >= 15 is 0 Å². The quantitative estimate of drug-likeness (QED) is 0.611. The molecular formula is C18H20N2O5. The van der Waals surface area contributed by atoms with Crippen molar-refractivity contribution < 1.29 is 19.2 Å². The van der Waals surface area contributed by atoms with E-state index in [0.29, 0.717) is 17.9 Å². The zero-order valence-electron chi connectivity index (χ0n) is 14.3. The van der Waals surface area contributed by atoms with Crippen LogP contribution in [0.25, 0.3) is 0 Å². The highest BCUT2D eigenvalue weighted by Crippen LogP contribution is 2.29. The lowest BCUT2D eigenvalue weighted by Crippen LogP contribution is -2.32. The summed E-state index contributed by atoms with van der Waals surface area (Å²) in [4.78, 5) is 22.9. The van der Waals surface area contributed by atoms with Gasteiger partial charge in [0.2, 0.25) is 0 Å². The van der Waals surface area contributed by atoms with Crippen molar-refractivity contribution in [2.24, 2.45) is 0 Å². The first-order valence-electron chi connectivity index (χ1n) is 7.81. The molecule has 132 valence electrons. The smallest absolute Gasteiger partial charge is 0.271 e. The molecule has 1 atom stereocenters. The largest absolute Gasteiger partial charge is 0.495 e. The number of hydrogen-bond donors (Lipinski definition) is 1. The van der Waals surface area contributed by atoms with Gasteiger partial charge >= 0.3 is 0 Å². The maximum atomic E-state index is 12.5. The van der Waals surface area contributed by atoms with E-state index < -0.39 is 16.9 Å². The second-order valence-electron chi connectivity index (χ2n) is 5.46. The molecule has 0 bridgehead atoms. The summed E-state index contributed by atoms with van der Waals surface area (Å²) in [5.74, 6) is 0.518. The van der Waals surface area contributed by atoms with Gasteiger partial charge in [0, 0.05) is 12.1 Å². The third-order valence-corrected chi connectivity index (χ3v) is 3.61. The molecule has 25 heavy (non-hydrogen) atoms. The lowest BCUT2D eigenvalue weighted by molar-refractivity contribution is -0.384.